The number of carbonyl (C=O) groups excluding carboxylic acids is 1. The first-order valence-electron chi connectivity index (χ1n) is 13.9. The fraction of sp³-hybridized carbons (Fsp3) is 0.964. The molecule has 31 heavy (non-hydrogen) atoms. The molecule has 0 amide bonds. The molecule has 0 aliphatic carbocycles. The standard InChI is InChI=1S/C28H57NO2/c1-5-7-9-11-13-15-17-19-23-27(24-20-18-16-14-12-10-8-6-2)31-28(30)25-21-22-26-29(3)4/h27H,5-26H2,1-4H3. The Labute approximate surface area is 196 Å². The van der Waals surface area contributed by atoms with Crippen LogP contribution in [0, 0.1) is 0 Å². The summed E-state index contributed by atoms with van der Waals surface area (Å²) in [5.41, 5.74) is 0. The Bertz CT molecular complexity index is 350. The summed E-state index contributed by atoms with van der Waals surface area (Å²) >= 11 is 0. The van der Waals surface area contributed by atoms with Crippen LogP contribution < -0.4 is 0 Å². The van der Waals surface area contributed by atoms with Gasteiger partial charge < -0.3 is 9.64 Å². The van der Waals surface area contributed by atoms with Crippen LogP contribution in [0.2, 0.25) is 0 Å². The van der Waals surface area contributed by atoms with Gasteiger partial charge in [-0.1, -0.05) is 104 Å². The van der Waals surface area contributed by atoms with Gasteiger partial charge in [-0.3, -0.25) is 4.79 Å². The van der Waals surface area contributed by atoms with E-state index in [4.69, 9.17) is 4.74 Å². The topological polar surface area (TPSA) is 29.5 Å². The molecular weight excluding hydrogens is 382 g/mol. The van der Waals surface area contributed by atoms with Gasteiger partial charge in [-0.15, -0.1) is 0 Å². The second-order valence-electron chi connectivity index (χ2n) is 9.90. The minimum Gasteiger partial charge on any atom is -0.462 e. The zero-order valence-corrected chi connectivity index (χ0v) is 21.9. The van der Waals surface area contributed by atoms with Gasteiger partial charge in [0.05, 0.1) is 0 Å². The van der Waals surface area contributed by atoms with Crippen LogP contribution in [-0.2, 0) is 9.53 Å². The average molecular weight is 440 g/mol. The van der Waals surface area contributed by atoms with Crippen molar-refractivity contribution in [3.8, 4) is 0 Å². The Hall–Kier alpha value is -0.570. The lowest BCUT2D eigenvalue weighted by atomic mass is 10.0. The van der Waals surface area contributed by atoms with Crippen LogP contribution in [-0.4, -0.2) is 37.6 Å². The molecular formula is C28H57NO2. The molecule has 0 bridgehead atoms. The lowest BCUT2D eigenvalue weighted by Gasteiger charge is -2.18. The van der Waals surface area contributed by atoms with Gasteiger partial charge in [0, 0.05) is 6.42 Å². The van der Waals surface area contributed by atoms with Crippen LogP contribution in [0.15, 0.2) is 0 Å². The Balaban J connectivity index is 4.04. The van der Waals surface area contributed by atoms with Crippen LogP contribution in [0.25, 0.3) is 0 Å². The highest BCUT2D eigenvalue weighted by atomic mass is 16.5. The van der Waals surface area contributed by atoms with Crippen molar-refractivity contribution in [2.45, 2.75) is 155 Å². The average Bonchev–Trinajstić information content (AvgIpc) is 2.74. The molecule has 0 unspecified atom stereocenters. The van der Waals surface area contributed by atoms with E-state index >= 15 is 0 Å². The molecule has 3 heteroatoms. The van der Waals surface area contributed by atoms with Crippen LogP contribution in [0.4, 0.5) is 0 Å². The second kappa shape index (κ2) is 24.1. The van der Waals surface area contributed by atoms with Crippen molar-refractivity contribution >= 4 is 5.97 Å². The highest BCUT2D eigenvalue weighted by Gasteiger charge is 2.14. The molecule has 0 N–H and O–H groups in total. The molecule has 0 aliphatic heterocycles. The minimum atomic E-state index is 0.0305. The summed E-state index contributed by atoms with van der Waals surface area (Å²) in [6, 6.07) is 0. The largest absolute Gasteiger partial charge is 0.462 e. The molecule has 0 heterocycles. The summed E-state index contributed by atoms with van der Waals surface area (Å²) in [6.07, 6.45) is 26.3. The van der Waals surface area contributed by atoms with Crippen molar-refractivity contribution in [1.29, 1.82) is 0 Å². The maximum Gasteiger partial charge on any atom is 0.306 e. The SMILES string of the molecule is CCCCCCCCCCC(CCCCCCCCCC)OC(=O)CCCCN(C)C. The number of hydrogen-bond acceptors (Lipinski definition) is 3. The number of nitrogens with zero attached hydrogens (tertiary/aromatic N) is 1. The molecule has 0 aliphatic rings. The van der Waals surface area contributed by atoms with Crippen LogP contribution in [0.5, 0.6) is 0 Å². The smallest absolute Gasteiger partial charge is 0.306 e. The molecule has 0 saturated carbocycles. The highest BCUT2D eigenvalue weighted by Crippen LogP contribution is 2.18. The van der Waals surface area contributed by atoms with E-state index in [1.807, 2.05) is 0 Å². The van der Waals surface area contributed by atoms with E-state index in [2.05, 4.69) is 32.8 Å². The van der Waals surface area contributed by atoms with Gasteiger partial charge in [0.1, 0.15) is 6.10 Å². The highest BCUT2D eigenvalue weighted by molar-refractivity contribution is 5.69. The maximum atomic E-state index is 12.3. The zero-order chi connectivity index (χ0) is 23.0. The van der Waals surface area contributed by atoms with Crippen molar-refractivity contribution in [3.63, 3.8) is 0 Å². The van der Waals surface area contributed by atoms with Crippen LogP contribution >= 0.6 is 0 Å². The molecule has 186 valence electrons. The number of carbonyl (C=O) groups is 1. The van der Waals surface area contributed by atoms with E-state index in [0.717, 1.165) is 32.2 Å². The Morgan fingerprint density at radius 1 is 0.613 bits per heavy atom. The summed E-state index contributed by atoms with van der Waals surface area (Å²) < 4.78 is 5.92. The van der Waals surface area contributed by atoms with E-state index in [1.165, 1.54) is 103 Å². The third-order valence-electron chi connectivity index (χ3n) is 6.29. The van der Waals surface area contributed by atoms with Gasteiger partial charge >= 0.3 is 5.97 Å². The third-order valence-corrected chi connectivity index (χ3v) is 6.29. The van der Waals surface area contributed by atoms with Gasteiger partial charge in [-0.2, -0.15) is 0 Å². The molecule has 0 aromatic heterocycles. The summed E-state index contributed by atoms with van der Waals surface area (Å²) in [6.45, 7) is 5.60. The predicted molar refractivity (Wildman–Crippen MR) is 137 cm³/mol. The number of unbranched alkanes of at least 4 members (excludes halogenated alkanes) is 15. The number of hydrogen-bond donors (Lipinski definition) is 0. The van der Waals surface area contributed by atoms with E-state index < -0.39 is 0 Å². The van der Waals surface area contributed by atoms with E-state index in [0.29, 0.717) is 6.42 Å². The van der Waals surface area contributed by atoms with Gasteiger partial charge in [0.25, 0.3) is 0 Å². The van der Waals surface area contributed by atoms with Crippen molar-refractivity contribution in [3.05, 3.63) is 0 Å². The monoisotopic (exact) mass is 439 g/mol. The maximum absolute atomic E-state index is 12.3. The molecule has 0 aromatic carbocycles. The molecule has 0 radical (unpaired) electrons. The van der Waals surface area contributed by atoms with Crippen molar-refractivity contribution in [1.82, 2.24) is 4.90 Å². The first kappa shape index (κ1) is 30.4. The second-order valence-corrected chi connectivity index (χ2v) is 9.90. The van der Waals surface area contributed by atoms with E-state index in [-0.39, 0.29) is 12.1 Å². The van der Waals surface area contributed by atoms with Gasteiger partial charge in [-0.25, -0.2) is 0 Å². The summed E-state index contributed by atoms with van der Waals surface area (Å²) in [5.74, 6) is 0.0305. The fourth-order valence-electron chi connectivity index (χ4n) is 4.22. The van der Waals surface area contributed by atoms with Gasteiger partial charge in [-0.05, 0) is 59.2 Å². The summed E-state index contributed by atoms with van der Waals surface area (Å²) in [4.78, 5) is 14.5. The number of rotatable bonds is 24. The van der Waals surface area contributed by atoms with Gasteiger partial charge in [0.2, 0.25) is 0 Å². The third kappa shape index (κ3) is 23.9. The summed E-state index contributed by atoms with van der Waals surface area (Å²) in [5, 5.41) is 0. The Morgan fingerprint density at radius 3 is 1.45 bits per heavy atom. The van der Waals surface area contributed by atoms with Crippen LogP contribution in [0.1, 0.15) is 149 Å². The molecule has 0 atom stereocenters. The molecule has 0 aromatic rings. The Morgan fingerprint density at radius 2 is 1.03 bits per heavy atom. The molecule has 0 spiro atoms. The molecule has 0 saturated heterocycles. The van der Waals surface area contributed by atoms with Crippen molar-refractivity contribution < 1.29 is 9.53 Å². The van der Waals surface area contributed by atoms with E-state index in [1.54, 1.807) is 0 Å². The van der Waals surface area contributed by atoms with Crippen LogP contribution in [0.3, 0.4) is 0 Å². The fourth-order valence-corrected chi connectivity index (χ4v) is 4.22. The lowest BCUT2D eigenvalue weighted by Crippen LogP contribution is -2.19. The van der Waals surface area contributed by atoms with Gasteiger partial charge in [0.15, 0.2) is 0 Å². The minimum absolute atomic E-state index is 0.0305. The Kier molecular flexibility index (Phi) is 23.6. The van der Waals surface area contributed by atoms with E-state index in [9.17, 15) is 4.79 Å². The molecule has 0 fully saturated rings. The quantitative estimate of drug-likeness (QED) is 0.111. The molecule has 3 nitrogen and oxygen atoms in total. The normalized spacial score (nSPS) is 11.5. The predicted octanol–water partition coefficient (Wildman–Crippen LogP) is 8.69. The first-order valence-corrected chi connectivity index (χ1v) is 13.9. The first-order chi connectivity index (χ1) is 15.1. The summed E-state index contributed by atoms with van der Waals surface area (Å²) in [7, 11) is 4.17. The number of esters is 1. The lowest BCUT2D eigenvalue weighted by molar-refractivity contribution is -0.150. The molecule has 0 rings (SSSR count). The number of ether oxygens (including phenoxy) is 1. The van der Waals surface area contributed by atoms with Crippen molar-refractivity contribution in [2.24, 2.45) is 0 Å². The van der Waals surface area contributed by atoms with Crippen molar-refractivity contribution in [2.75, 3.05) is 20.6 Å². The zero-order valence-electron chi connectivity index (χ0n) is 21.9.